The van der Waals surface area contributed by atoms with Crippen molar-refractivity contribution in [3.63, 3.8) is 0 Å². The Balaban J connectivity index is 1.44. The summed E-state index contributed by atoms with van der Waals surface area (Å²) >= 11 is 0. The lowest BCUT2D eigenvalue weighted by atomic mass is 9.70. The van der Waals surface area contributed by atoms with Gasteiger partial charge in [0.05, 0.1) is 17.8 Å². The van der Waals surface area contributed by atoms with Gasteiger partial charge in [0.2, 0.25) is 0 Å². The second kappa shape index (κ2) is 10.0. The molecule has 1 N–H and O–H groups in total. The summed E-state index contributed by atoms with van der Waals surface area (Å²) in [5.74, 6) is 1.83. The van der Waals surface area contributed by atoms with Crippen LogP contribution < -0.4 is 4.74 Å². The smallest absolute Gasteiger partial charge is 0.120 e. The standard InChI is InChI=1S/C26H41NO3/c1-27(2)18-22-17-24(29-19-20-8-3-4-9-20)14-15-26(22,28)21-10-7-13-25(16-21)30-23-11-5-6-12-23/h7,10,13,16,20,22-24,28H,3-6,8-9,11-12,14-15,17-19H2,1-2H3. The largest absolute Gasteiger partial charge is 0.490 e. The molecule has 3 fully saturated rings. The molecule has 3 aliphatic rings. The van der Waals surface area contributed by atoms with Crippen LogP contribution in [0.4, 0.5) is 0 Å². The summed E-state index contributed by atoms with van der Waals surface area (Å²) in [5, 5.41) is 11.9. The van der Waals surface area contributed by atoms with Gasteiger partial charge in [0, 0.05) is 19.1 Å². The zero-order valence-corrected chi connectivity index (χ0v) is 19.0. The van der Waals surface area contributed by atoms with Crippen molar-refractivity contribution in [2.45, 2.75) is 88.4 Å². The molecule has 0 spiro atoms. The molecule has 1 aromatic rings. The van der Waals surface area contributed by atoms with Crippen LogP contribution in [0.1, 0.15) is 76.2 Å². The Morgan fingerprint density at radius 3 is 2.47 bits per heavy atom. The number of hydrogen-bond acceptors (Lipinski definition) is 4. The molecule has 3 saturated carbocycles. The number of hydrogen-bond donors (Lipinski definition) is 1. The van der Waals surface area contributed by atoms with Crippen molar-refractivity contribution in [2.75, 3.05) is 27.2 Å². The third-order valence-corrected chi connectivity index (χ3v) is 7.64. The first kappa shape index (κ1) is 22.1. The molecule has 0 aromatic heterocycles. The molecule has 30 heavy (non-hydrogen) atoms. The minimum atomic E-state index is -0.813. The Hall–Kier alpha value is -1.10. The molecular formula is C26H41NO3. The summed E-state index contributed by atoms with van der Waals surface area (Å²) < 4.78 is 12.6. The van der Waals surface area contributed by atoms with E-state index < -0.39 is 5.60 Å². The maximum atomic E-state index is 11.9. The van der Waals surface area contributed by atoms with Crippen molar-refractivity contribution in [3.8, 4) is 5.75 Å². The maximum absolute atomic E-state index is 11.9. The first-order chi connectivity index (χ1) is 14.5. The van der Waals surface area contributed by atoms with Gasteiger partial charge in [-0.2, -0.15) is 0 Å². The molecule has 3 atom stereocenters. The molecular weight excluding hydrogens is 374 g/mol. The predicted octanol–water partition coefficient (Wildman–Crippen LogP) is 5.13. The summed E-state index contributed by atoms with van der Waals surface area (Å²) in [7, 11) is 4.20. The molecule has 3 aliphatic carbocycles. The van der Waals surface area contributed by atoms with Crippen LogP contribution in [0, 0.1) is 11.8 Å². The Morgan fingerprint density at radius 1 is 1.00 bits per heavy atom. The van der Waals surface area contributed by atoms with E-state index in [9.17, 15) is 5.11 Å². The first-order valence-corrected chi connectivity index (χ1v) is 12.3. The Bertz CT molecular complexity index is 666. The predicted molar refractivity (Wildman–Crippen MR) is 121 cm³/mol. The molecule has 0 saturated heterocycles. The van der Waals surface area contributed by atoms with Gasteiger partial charge in [0.25, 0.3) is 0 Å². The van der Waals surface area contributed by atoms with Gasteiger partial charge >= 0.3 is 0 Å². The summed E-state index contributed by atoms with van der Waals surface area (Å²) in [4.78, 5) is 2.20. The molecule has 1 aromatic carbocycles. The Kier molecular flexibility index (Phi) is 7.38. The van der Waals surface area contributed by atoms with E-state index in [-0.39, 0.29) is 12.0 Å². The van der Waals surface area contributed by atoms with Crippen LogP contribution in [0.3, 0.4) is 0 Å². The van der Waals surface area contributed by atoms with Crippen LogP contribution in [0.25, 0.3) is 0 Å². The lowest BCUT2D eigenvalue weighted by molar-refractivity contribution is -0.111. The van der Waals surface area contributed by atoms with Gasteiger partial charge in [-0.1, -0.05) is 25.0 Å². The highest BCUT2D eigenvalue weighted by Gasteiger charge is 2.44. The van der Waals surface area contributed by atoms with Crippen molar-refractivity contribution < 1.29 is 14.6 Å². The SMILES string of the molecule is CN(C)CC1CC(OCC2CCCC2)CCC1(O)c1cccc(OC2CCCC2)c1. The van der Waals surface area contributed by atoms with Gasteiger partial charge in [-0.15, -0.1) is 0 Å². The van der Waals surface area contributed by atoms with E-state index in [1.54, 1.807) is 0 Å². The van der Waals surface area contributed by atoms with E-state index in [0.717, 1.165) is 62.5 Å². The van der Waals surface area contributed by atoms with E-state index in [4.69, 9.17) is 9.47 Å². The number of nitrogens with zero attached hydrogens (tertiary/aromatic N) is 1. The molecule has 0 amide bonds. The van der Waals surface area contributed by atoms with E-state index in [2.05, 4.69) is 31.1 Å². The highest BCUT2D eigenvalue weighted by molar-refractivity contribution is 5.33. The minimum Gasteiger partial charge on any atom is -0.490 e. The second-order valence-corrected chi connectivity index (χ2v) is 10.3. The minimum absolute atomic E-state index is 0.163. The first-order valence-electron chi connectivity index (χ1n) is 12.3. The summed E-state index contributed by atoms with van der Waals surface area (Å²) in [5.41, 5.74) is 0.200. The number of benzene rings is 1. The molecule has 4 rings (SSSR count). The number of rotatable bonds is 8. The highest BCUT2D eigenvalue weighted by Crippen LogP contribution is 2.44. The average Bonchev–Trinajstić information content (AvgIpc) is 3.43. The second-order valence-electron chi connectivity index (χ2n) is 10.3. The van der Waals surface area contributed by atoms with Crippen molar-refractivity contribution in [3.05, 3.63) is 29.8 Å². The zero-order chi connectivity index (χ0) is 21.0. The van der Waals surface area contributed by atoms with Gasteiger partial charge < -0.3 is 19.5 Å². The van der Waals surface area contributed by atoms with Crippen LogP contribution in [-0.2, 0) is 10.3 Å². The summed E-state index contributed by atoms with van der Waals surface area (Å²) in [6, 6.07) is 8.28. The molecule has 4 heteroatoms. The van der Waals surface area contributed by atoms with Crippen LogP contribution >= 0.6 is 0 Å². The lowest BCUT2D eigenvalue weighted by Crippen LogP contribution is -2.47. The fraction of sp³-hybridized carbons (Fsp3) is 0.769. The van der Waals surface area contributed by atoms with Gasteiger partial charge in [0.1, 0.15) is 5.75 Å². The lowest BCUT2D eigenvalue weighted by Gasteiger charge is -2.44. The van der Waals surface area contributed by atoms with Crippen LogP contribution in [0.5, 0.6) is 5.75 Å². The molecule has 4 nitrogen and oxygen atoms in total. The normalized spacial score (nSPS) is 30.9. The monoisotopic (exact) mass is 415 g/mol. The topological polar surface area (TPSA) is 41.9 Å². The number of aliphatic hydroxyl groups is 1. The van der Waals surface area contributed by atoms with Crippen molar-refractivity contribution in [1.29, 1.82) is 0 Å². The van der Waals surface area contributed by atoms with E-state index in [0.29, 0.717) is 6.10 Å². The van der Waals surface area contributed by atoms with Crippen molar-refractivity contribution >= 4 is 0 Å². The molecule has 0 bridgehead atoms. The Labute approximate surface area is 182 Å². The van der Waals surface area contributed by atoms with Crippen molar-refractivity contribution in [1.82, 2.24) is 4.90 Å². The number of ether oxygens (including phenoxy) is 2. The van der Waals surface area contributed by atoms with E-state index in [1.807, 2.05) is 12.1 Å². The van der Waals surface area contributed by atoms with Gasteiger partial charge in [-0.05, 0) is 95.5 Å². The van der Waals surface area contributed by atoms with E-state index >= 15 is 0 Å². The van der Waals surface area contributed by atoms with Gasteiger partial charge in [0.15, 0.2) is 0 Å². The van der Waals surface area contributed by atoms with Crippen LogP contribution in [0.2, 0.25) is 0 Å². The third kappa shape index (κ3) is 5.38. The van der Waals surface area contributed by atoms with Crippen LogP contribution in [0.15, 0.2) is 24.3 Å². The van der Waals surface area contributed by atoms with Gasteiger partial charge in [-0.25, -0.2) is 0 Å². The highest BCUT2D eigenvalue weighted by atomic mass is 16.5. The molecule has 0 aliphatic heterocycles. The van der Waals surface area contributed by atoms with E-state index in [1.165, 1.54) is 38.5 Å². The van der Waals surface area contributed by atoms with Gasteiger partial charge in [-0.3, -0.25) is 0 Å². The Morgan fingerprint density at radius 2 is 1.73 bits per heavy atom. The summed E-state index contributed by atoms with van der Waals surface area (Å²) in [6.45, 7) is 1.77. The fourth-order valence-corrected chi connectivity index (χ4v) is 5.90. The molecule has 0 radical (unpaired) electrons. The fourth-order valence-electron chi connectivity index (χ4n) is 5.90. The summed E-state index contributed by atoms with van der Waals surface area (Å²) in [6.07, 6.45) is 13.4. The molecule has 3 unspecified atom stereocenters. The zero-order valence-electron chi connectivity index (χ0n) is 19.0. The molecule has 168 valence electrons. The van der Waals surface area contributed by atoms with Crippen LogP contribution in [-0.4, -0.2) is 49.5 Å². The quantitative estimate of drug-likeness (QED) is 0.639. The molecule has 0 heterocycles. The third-order valence-electron chi connectivity index (χ3n) is 7.64. The average molecular weight is 416 g/mol. The maximum Gasteiger partial charge on any atom is 0.120 e. The van der Waals surface area contributed by atoms with Crippen molar-refractivity contribution in [2.24, 2.45) is 11.8 Å².